The number of benzene rings is 2. The Morgan fingerprint density at radius 3 is 2.37 bits per heavy atom. The Kier molecular flexibility index (Phi) is 4.53. The van der Waals surface area contributed by atoms with Crippen molar-refractivity contribution >= 4 is 11.7 Å². The van der Waals surface area contributed by atoms with E-state index in [0.717, 1.165) is 5.56 Å². The number of carbonyl (C=O) groups excluding carboxylic acids is 1. The highest BCUT2D eigenvalue weighted by molar-refractivity contribution is 5.89. The van der Waals surface area contributed by atoms with Crippen LogP contribution in [0.15, 0.2) is 54.6 Å². The first kappa shape index (κ1) is 13.1. The fourth-order valence-electron chi connectivity index (χ4n) is 1.53. The predicted molar refractivity (Wildman–Crippen MR) is 72.4 cm³/mol. The molecule has 0 bridgehead atoms. The summed E-state index contributed by atoms with van der Waals surface area (Å²) in [5.74, 6) is -0.423. The number of hydrogen-bond donors (Lipinski definition) is 1. The Bertz CT molecular complexity index is 523. The van der Waals surface area contributed by atoms with Gasteiger partial charge < -0.3 is 15.2 Å². The molecule has 2 rings (SSSR count). The molecule has 0 atom stereocenters. The lowest BCUT2D eigenvalue weighted by molar-refractivity contribution is -0.0381. The molecule has 0 radical (unpaired) electrons. The highest BCUT2D eigenvalue weighted by Gasteiger charge is 2.06. The number of ether oxygens (including phenoxy) is 2. The van der Waals surface area contributed by atoms with Gasteiger partial charge in [0.2, 0.25) is 0 Å². The van der Waals surface area contributed by atoms with Crippen LogP contribution in [0.5, 0.6) is 0 Å². The maximum atomic E-state index is 11.6. The van der Waals surface area contributed by atoms with Crippen LogP contribution >= 0.6 is 0 Å². The molecule has 0 spiro atoms. The Hall–Kier alpha value is -2.33. The van der Waals surface area contributed by atoms with Gasteiger partial charge in [-0.2, -0.15) is 0 Å². The number of carbonyl (C=O) groups is 1. The molecule has 0 unspecified atom stereocenters. The van der Waals surface area contributed by atoms with Crippen molar-refractivity contribution in [3.05, 3.63) is 65.7 Å². The van der Waals surface area contributed by atoms with Crippen LogP contribution in [0.25, 0.3) is 0 Å². The van der Waals surface area contributed by atoms with Crippen molar-refractivity contribution in [2.45, 2.75) is 6.61 Å². The first-order chi connectivity index (χ1) is 9.25. The van der Waals surface area contributed by atoms with Gasteiger partial charge in [0, 0.05) is 5.69 Å². The highest BCUT2D eigenvalue weighted by Crippen LogP contribution is 2.07. The van der Waals surface area contributed by atoms with E-state index in [-0.39, 0.29) is 6.79 Å². The molecule has 0 saturated carbocycles. The minimum Gasteiger partial charge on any atom is -0.435 e. The minimum absolute atomic E-state index is 0.0713. The minimum atomic E-state index is -0.423. The van der Waals surface area contributed by atoms with E-state index in [9.17, 15) is 4.79 Å². The summed E-state index contributed by atoms with van der Waals surface area (Å²) in [6.07, 6.45) is 0. The first-order valence-electron chi connectivity index (χ1n) is 5.90. The summed E-state index contributed by atoms with van der Waals surface area (Å²) >= 11 is 0. The maximum Gasteiger partial charge on any atom is 0.340 e. The Balaban J connectivity index is 1.74. The van der Waals surface area contributed by atoms with Crippen LogP contribution in [0.2, 0.25) is 0 Å². The quantitative estimate of drug-likeness (QED) is 0.387. The van der Waals surface area contributed by atoms with E-state index in [0.29, 0.717) is 17.9 Å². The smallest absolute Gasteiger partial charge is 0.340 e. The zero-order chi connectivity index (χ0) is 13.5. The second-order valence-electron chi connectivity index (χ2n) is 4.01. The lowest BCUT2D eigenvalue weighted by Crippen LogP contribution is -2.08. The van der Waals surface area contributed by atoms with Gasteiger partial charge in [0.25, 0.3) is 0 Å². The summed E-state index contributed by atoms with van der Waals surface area (Å²) < 4.78 is 10.3. The Morgan fingerprint density at radius 1 is 1.00 bits per heavy atom. The van der Waals surface area contributed by atoms with Crippen molar-refractivity contribution < 1.29 is 14.3 Å². The molecule has 2 N–H and O–H groups in total. The summed E-state index contributed by atoms with van der Waals surface area (Å²) in [7, 11) is 0. The van der Waals surface area contributed by atoms with Gasteiger partial charge in [-0.1, -0.05) is 30.3 Å². The van der Waals surface area contributed by atoms with Gasteiger partial charge in [-0.25, -0.2) is 4.79 Å². The van der Waals surface area contributed by atoms with Crippen LogP contribution in [0.4, 0.5) is 5.69 Å². The van der Waals surface area contributed by atoms with Crippen molar-refractivity contribution in [3.63, 3.8) is 0 Å². The van der Waals surface area contributed by atoms with Crippen molar-refractivity contribution in [1.29, 1.82) is 0 Å². The number of rotatable bonds is 5. The molecular weight excluding hydrogens is 242 g/mol. The van der Waals surface area contributed by atoms with Crippen LogP contribution < -0.4 is 5.73 Å². The van der Waals surface area contributed by atoms with Crippen LogP contribution in [0.3, 0.4) is 0 Å². The van der Waals surface area contributed by atoms with Gasteiger partial charge >= 0.3 is 5.97 Å². The molecule has 19 heavy (non-hydrogen) atoms. The molecule has 0 aromatic heterocycles. The van der Waals surface area contributed by atoms with E-state index in [1.54, 1.807) is 24.3 Å². The van der Waals surface area contributed by atoms with E-state index in [4.69, 9.17) is 15.2 Å². The summed E-state index contributed by atoms with van der Waals surface area (Å²) in [6.45, 7) is 0.341. The van der Waals surface area contributed by atoms with E-state index >= 15 is 0 Å². The molecule has 2 aromatic rings. The number of nitrogen functional groups attached to an aromatic ring is 1. The van der Waals surface area contributed by atoms with Crippen molar-refractivity contribution in [2.75, 3.05) is 12.5 Å². The number of hydrogen-bond acceptors (Lipinski definition) is 4. The summed E-state index contributed by atoms with van der Waals surface area (Å²) in [5, 5.41) is 0. The van der Waals surface area contributed by atoms with Crippen LogP contribution in [-0.2, 0) is 16.1 Å². The zero-order valence-corrected chi connectivity index (χ0v) is 10.4. The lowest BCUT2D eigenvalue weighted by atomic mass is 10.2. The molecule has 0 aliphatic rings. The van der Waals surface area contributed by atoms with Gasteiger partial charge in [-0.05, 0) is 29.8 Å². The molecule has 98 valence electrons. The van der Waals surface area contributed by atoms with E-state index in [1.165, 1.54) is 0 Å². The Morgan fingerprint density at radius 2 is 1.68 bits per heavy atom. The van der Waals surface area contributed by atoms with E-state index in [1.807, 2.05) is 30.3 Å². The Labute approximate surface area is 111 Å². The third kappa shape index (κ3) is 4.12. The summed E-state index contributed by atoms with van der Waals surface area (Å²) in [5.41, 5.74) is 7.63. The van der Waals surface area contributed by atoms with Gasteiger partial charge in [0.05, 0.1) is 12.2 Å². The summed E-state index contributed by atoms with van der Waals surface area (Å²) in [4.78, 5) is 11.6. The number of esters is 1. The average Bonchev–Trinajstić information content (AvgIpc) is 2.45. The molecule has 0 aliphatic heterocycles. The topological polar surface area (TPSA) is 61.6 Å². The fraction of sp³-hybridized carbons (Fsp3) is 0.133. The van der Waals surface area contributed by atoms with Gasteiger partial charge in [0.15, 0.2) is 6.79 Å². The standard InChI is InChI=1S/C15H15NO3/c16-14-8-6-13(7-9-14)15(17)19-11-18-10-12-4-2-1-3-5-12/h1-9H,10-11,16H2. The summed E-state index contributed by atoms with van der Waals surface area (Å²) in [6, 6.07) is 16.2. The van der Waals surface area contributed by atoms with Crippen LogP contribution in [0, 0.1) is 0 Å². The van der Waals surface area contributed by atoms with E-state index in [2.05, 4.69) is 0 Å². The molecule has 0 saturated heterocycles. The normalized spacial score (nSPS) is 10.1. The molecule has 4 heteroatoms. The third-order valence-electron chi connectivity index (χ3n) is 2.53. The highest BCUT2D eigenvalue weighted by atomic mass is 16.7. The van der Waals surface area contributed by atoms with E-state index < -0.39 is 5.97 Å². The van der Waals surface area contributed by atoms with Crippen molar-refractivity contribution in [1.82, 2.24) is 0 Å². The number of nitrogens with two attached hydrogens (primary N) is 1. The second-order valence-corrected chi connectivity index (χ2v) is 4.01. The third-order valence-corrected chi connectivity index (χ3v) is 2.53. The van der Waals surface area contributed by atoms with Crippen molar-refractivity contribution in [2.24, 2.45) is 0 Å². The molecule has 2 aromatic carbocycles. The molecule has 0 amide bonds. The molecule has 0 aliphatic carbocycles. The first-order valence-corrected chi connectivity index (χ1v) is 5.90. The van der Waals surface area contributed by atoms with Crippen LogP contribution in [-0.4, -0.2) is 12.8 Å². The predicted octanol–water partition coefficient (Wildman–Crippen LogP) is 2.60. The largest absolute Gasteiger partial charge is 0.435 e. The zero-order valence-electron chi connectivity index (χ0n) is 10.4. The second kappa shape index (κ2) is 6.56. The monoisotopic (exact) mass is 257 g/mol. The SMILES string of the molecule is Nc1ccc(C(=O)OCOCc2ccccc2)cc1. The number of anilines is 1. The lowest BCUT2D eigenvalue weighted by Gasteiger charge is -2.06. The molecule has 0 heterocycles. The van der Waals surface area contributed by atoms with Gasteiger partial charge in [0.1, 0.15) is 0 Å². The van der Waals surface area contributed by atoms with Crippen LogP contribution in [0.1, 0.15) is 15.9 Å². The molecular formula is C15H15NO3. The van der Waals surface area contributed by atoms with Gasteiger partial charge in [-0.15, -0.1) is 0 Å². The molecule has 0 fully saturated rings. The fourth-order valence-corrected chi connectivity index (χ4v) is 1.53. The molecule has 4 nitrogen and oxygen atoms in total. The van der Waals surface area contributed by atoms with Gasteiger partial charge in [-0.3, -0.25) is 0 Å². The maximum absolute atomic E-state index is 11.6. The average molecular weight is 257 g/mol. The van der Waals surface area contributed by atoms with Crippen molar-refractivity contribution in [3.8, 4) is 0 Å².